The van der Waals surface area contributed by atoms with E-state index >= 15 is 0 Å². The number of likely N-dealkylation sites (tertiary alicyclic amines) is 1. The summed E-state index contributed by atoms with van der Waals surface area (Å²) in [7, 11) is 0. The van der Waals surface area contributed by atoms with Crippen LogP contribution in [0.1, 0.15) is 36.6 Å². The predicted octanol–water partition coefficient (Wildman–Crippen LogP) is 2.77. The summed E-state index contributed by atoms with van der Waals surface area (Å²) in [6.45, 7) is 2.34. The second-order valence-electron chi connectivity index (χ2n) is 5.19. The van der Waals surface area contributed by atoms with Gasteiger partial charge in [-0.3, -0.25) is 0 Å². The summed E-state index contributed by atoms with van der Waals surface area (Å²) in [4.78, 5) is 15.5. The molecule has 1 aromatic heterocycles. The summed E-state index contributed by atoms with van der Waals surface area (Å²) in [5.74, 6) is 0. The van der Waals surface area contributed by atoms with Crippen LogP contribution in [-0.2, 0) is 4.74 Å². The molecule has 0 spiro atoms. The maximum absolute atomic E-state index is 12.3. The molecule has 2 amide bonds. The lowest BCUT2D eigenvalue weighted by Gasteiger charge is -2.25. The summed E-state index contributed by atoms with van der Waals surface area (Å²) in [5, 5.41) is 5.10. The number of nitrogens with one attached hydrogen (secondary N) is 1. The fraction of sp³-hybridized carbons (Fsp3) is 0.643. The van der Waals surface area contributed by atoms with Crippen LogP contribution in [0, 0.1) is 0 Å². The highest BCUT2D eigenvalue weighted by atomic mass is 32.1. The van der Waals surface area contributed by atoms with Gasteiger partial charge in [0.1, 0.15) is 0 Å². The van der Waals surface area contributed by atoms with Crippen LogP contribution in [0.3, 0.4) is 0 Å². The Balaban J connectivity index is 1.56. The molecule has 104 valence electrons. The van der Waals surface area contributed by atoms with E-state index in [0.29, 0.717) is 6.54 Å². The minimum atomic E-state index is 0.0615. The largest absolute Gasteiger partial charge is 0.376 e. The fourth-order valence-electron chi connectivity index (χ4n) is 2.89. The molecule has 2 aliphatic heterocycles. The topological polar surface area (TPSA) is 41.6 Å². The Kier molecular flexibility index (Phi) is 4.03. The molecule has 0 aliphatic carbocycles. The summed E-state index contributed by atoms with van der Waals surface area (Å²) in [6.07, 6.45) is 4.56. The Morgan fingerprint density at radius 2 is 2.42 bits per heavy atom. The average molecular weight is 280 g/mol. The zero-order chi connectivity index (χ0) is 13.1. The van der Waals surface area contributed by atoms with Crippen molar-refractivity contribution in [2.24, 2.45) is 0 Å². The number of thiophene rings is 1. The van der Waals surface area contributed by atoms with E-state index in [1.807, 2.05) is 4.90 Å². The minimum Gasteiger partial charge on any atom is -0.376 e. The summed E-state index contributed by atoms with van der Waals surface area (Å²) in [5.41, 5.74) is 0. The lowest BCUT2D eigenvalue weighted by molar-refractivity contribution is 0.108. The van der Waals surface area contributed by atoms with Crippen molar-refractivity contribution in [2.75, 3.05) is 19.7 Å². The number of amides is 2. The predicted molar refractivity (Wildman–Crippen MR) is 75.4 cm³/mol. The zero-order valence-corrected chi connectivity index (χ0v) is 11.8. The van der Waals surface area contributed by atoms with Gasteiger partial charge < -0.3 is 15.0 Å². The van der Waals surface area contributed by atoms with Gasteiger partial charge in [-0.2, -0.15) is 0 Å². The molecule has 2 aliphatic rings. The number of ether oxygens (including phenoxy) is 1. The minimum absolute atomic E-state index is 0.0615. The normalized spacial score (nSPS) is 26.8. The summed E-state index contributed by atoms with van der Waals surface area (Å²) < 4.78 is 5.53. The van der Waals surface area contributed by atoms with E-state index in [2.05, 4.69) is 22.8 Å². The number of urea groups is 1. The van der Waals surface area contributed by atoms with Gasteiger partial charge in [0.05, 0.1) is 12.1 Å². The number of rotatable bonds is 3. The van der Waals surface area contributed by atoms with Crippen LogP contribution in [0.15, 0.2) is 17.5 Å². The van der Waals surface area contributed by atoms with Crippen molar-refractivity contribution in [2.45, 2.75) is 37.8 Å². The quantitative estimate of drug-likeness (QED) is 0.925. The molecule has 19 heavy (non-hydrogen) atoms. The van der Waals surface area contributed by atoms with E-state index in [4.69, 9.17) is 4.74 Å². The van der Waals surface area contributed by atoms with Gasteiger partial charge in [0, 0.05) is 24.6 Å². The molecule has 0 aromatic carbocycles. The van der Waals surface area contributed by atoms with E-state index in [9.17, 15) is 4.79 Å². The number of hydrogen-bond acceptors (Lipinski definition) is 3. The van der Waals surface area contributed by atoms with Gasteiger partial charge in [-0.25, -0.2) is 4.79 Å². The SMILES string of the molecule is O=C(NC[C@H]1CCCO1)N1CCC[C@@H]1c1cccs1. The van der Waals surface area contributed by atoms with E-state index in [0.717, 1.165) is 38.8 Å². The Morgan fingerprint density at radius 3 is 3.16 bits per heavy atom. The number of hydrogen-bond donors (Lipinski definition) is 1. The van der Waals surface area contributed by atoms with Crippen LogP contribution in [-0.4, -0.2) is 36.7 Å². The van der Waals surface area contributed by atoms with Gasteiger partial charge >= 0.3 is 6.03 Å². The van der Waals surface area contributed by atoms with Crippen LogP contribution < -0.4 is 5.32 Å². The maximum atomic E-state index is 12.3. The molecule has 2 fully saturated rings. The van der Waals surface area contributed by atoms with Gasteiger partial charge in [-0.1, -0.05) is 6.07 Å². The van der Waals surface area contributed by atoms with Crippen molar-refractivity contribution in [1.82, 2.24) is 10.2 Å². The second kappa shape index (κ2) is 5.92. The molecule has 3 rings (SSSR count). The van der Waals surface area contributed by atoms with E-state index in [1.54, 1.807) is 11.3 Å². The molecule has 3 heterocycles. The van der Waals surface area contributed by atoms with Gasteiger partial charge in [0.25, 0.3) is 0 Å². The zero-order valence-electron chi connectivity index (χ0n) is 11.0. The first-order chi connectivity index (χ1) is 9.34. The molecule has 2 atom stereocenters. The molecule has 0 bridgehead atoms. The standard InChI is InChI=1S/C14H20N2O2S/c17-14(15-10-11-4-2-8-18-11)16-7-1-5-12(16)13-6-3-9-19-13/h3,6,9,11-12H,1-2,4-5,7-8,10H2,(H,15,17)/t11-,12-/m1/s1. The first-order valence-electron chi connectivity index (χ1n) is 7.04. The molecule has 0 radical (unpaired) electrons. The monoisotopic (exact) mass is 280 g/mol. The van der Waals surface area contributed by atoms with Crippen LogP contribution in [0.4, 0.5) is 4.79 Å². The molecule has 5 heteroatoms. The van der Waals surface area contributed by atoms with Crippen molar-refractivity contribution in [3.8, 4) is 0 Å². The molecular weight excluding hydrogens is 260 g/mol. The smallest absolute Gasteiger partial charge is 0.318 e. The molecule has 1 N–H and O–H groups in total. The van der Waals surface area contributed by atoms with Gasteiger partial charge in [-0.05, 0) is 37.1 Å². The number of nitrogens with zero attached hydrogens (tertiary/aromatic N) is 1. The molecular formula is C14H20N2O2S. The van der Waals surface area contributed by atoms with Crippen molar-refractivity contribution >= 4 is 17.4 Å². The Bertz CT molecular complexity index is 415. The second-order valence-corrected chi connectivity index (χ2v) is 6.17. The number of carbonyl (C=O) groups excluding carboxylic acids is 1. The van der Waals surface area contributed by atoms with Crippen LogP contribution in [0.5, 0.6) is 0 Å². The third kappa shape index (κ3) is 2.92. The van der Waals surface area contributed by atoms with Crippen molar-refractivity contribution < 1.29 is 9.53 Å². The van der Waals surface area contributed by atoms with Crippen molar-refractivity contribution in [3.05, 3.63) is 22.4 Å². The van der Waals surface area contributed by atoms with Gasteiger partial charge in [0.2, 0.25) is 0 Å². The van der Waals surface area contributed by atoms with Gasteiger partial charge in [-0.15, -0.1) is 11.3 Å². The highest BCUT2D eigenvalue weighted by Gasteiger charge is 2.30. The Morgan fingerprint density at radius 1 is 1.47 bits per heavy atom. The third-order valence-corrected chi connectivity index (χ3v) is 4.86. The summed E-state index contributed by atoms with van der Waals surface area (Å²) >= 11 is 1.74. The van der Waals surface area contributed by atoms with Gasteiger partial charge in [0.15, 0.2) is 0 Å². The Hall–Kier alpha value is -1.07. The molecule has 4 nitrogen and oxygen atoms in total. The first-order valence-corrected chi connectivity index (χ1v) is 7.92. The molecule has 1 aromatic rings. The highest BCUT2D eigenvalue weighted by molar-refractivity contribution is 7.10. The third-order valence-electron chi connectivity index (χ3n) is 3.89. The van der Waals surface area contributed by atoms with E-state index < -0.39 is 0 Å². The first kappa shape index (κ1) is 12.9. The number of carbonyl (C=O) groups is 1. The van der Waals surface area contributed by atoms with Crippen LogP contribution in [0.2, 0.25) is 0 Å². The van der Waals surface area contributed by atoms with Crippen molar-refractivity contribution in [3.63, 3.8) is 0 Å². The van der Waals surface area contributed by atoms with Crippen LogP contribution in [0.25, 0.3) is 0 Å². The van der Waals surface area contributed by atoms with Crippen molar-refractivity contribution in [1.29, 1.82) is 0 Å². The van der Waals surface area contributed by atoms with Crippen LogP contribution >= 0.6 is 11.3 Å². The lowest BCUT2D eigenvalue weighted by atomic mass is 10.2. The summed E-state index contributed by atoms with van der Waals surface area (Å²) in [6, 6.07) is 4.51. The molecule has 0 saturated carbocycles. The lowest BCUT2D eigenvalue weighted by Crippen LogP contribution is -2.42. The van der Waals surface area contributed by atoms with E-state index in [1.165, 1.54) is 4.88 Å². The van der Waals surface area contributed by atoms with E-state index in [-0.39, 0.29) is 18.2 Å². The molecule has 0 unspecified atom stereocenters. The fourth-order valence-corrected chi connectivity index (χ4v) is 3.77. The average Bonchev–Trinajstić information content (AvgIpc) is 3.14. The molecule has 2 saturated heterocycles. The maximum Gasteiger partial charge on any atom is 0.318 e. The Labute approximate surface area is 117 Å². The highest BCUT2D eigenvalue weighted by Crippen LogP contribution is 2.34.